The third kappa shape index (κ3) is 4.55. The Morgan fingerprint density at radius 2 is 1.61 bits per heavy atom. The summed E-state index contributed by atoms with van der Waals surface area (Å²) in [6, 6.07) is 21.9. The molecule has 0 radical (unpaired) electrons. The van der Waals surface area contributed by atoms with Gasteiger partial charge >= 0.3 is 5.97 Å². The van der Waals surface area contributed by atoms with Crippen molar-refractivity contribution in [3.8, 4) is 11.8 Å². The number of carboxylic acids is 1. The molecule has 6 nitrogen and oxygen atoms in total. The molecule has 1 heterocycles. The quantitative estimate of drug-likeness (QED) is 0.477. The Hall–Kier alpha value is -4.15. The van der Waals surface area contributed by atoms with Crippen molar-refractivity contribution in [2.75, 3.05) is 4.72 Å². The van der Waals surface area contributed by atoms with Gasteiger partial charge in [0.05, 0.1) is 16.1 Å². The molecule has 0 saturated carbocycles. The van der Waals surface area contributed by atoms with Gasteiger partial charge in [0.25, 0.3) is 10.0 Å². The highest BCUT2D eigenvalue weighted by Crippen LogP contribution is 2.23. The van der Waals surface area contributed by atoms with E-state index in [9.17, 15) is 13.2 Å². The van der Waals surface area contributed by atoms with E-state index in [2.05, 4.69) is 21.5 Å². The molecule has 7 heteroatoms. The SMILES string of the molecule is O=C(O)c1ccnc(C#Cc2ccccc2NS(=O)(=O)c2ccc3ccccc3c2)c1. The molecule has 31 heavy (non-hydrogen) atoms. The van der Waals surface area contributed by atoms with Crippen molar-refractivity contribution in [1.82, 2.24) is 4.98 Å². The van der Waals surface area contributed by atoms with Crippen LogP contribution in [0.5, 0.6) is 0 Å². The molecule has 0 saturated heterocycles. The highest BCUT2D eigenvalue weighted by atomic mass is 32.2. The zero-order valence-corrected chi connectivity index (χ0v) is 16.9. The van der Waals surface area contributed by atoms with E-state index < -0.39 is 16.0 Å². The highest BCUT2D eigenvalue weighted by Gasteiger charge is 2.16. The van der Waals surface area contributed by atoms with E-state index in [1.54, 1.807) is 42.5 Å². The summed E-state index contributed by atoms with van der Waals surface area (Å²) >= 11 is 0. The molecule has 152 valence electrons. The van der Waals surface area contributed by atoms with Crippen molar-refractivity contribution in [3.63, 3.8) is 0 Å². The molecule has 0 amide bonds. The summed E-state index contributed by atoms with van der Waals surface area (Å²) in [6.45, 7) is 0. The van der Waals surface area contributed by atoms with Gasteiger partial charge in [-0.15, -0.1) is 0 Å². The lowest BCUT2D eigenvalue weighted by Crippen LogP contribution is -2.13. The van der Waals surface area contributed by atoms with E-state index in [1.165, 1.54) is 18.3 Å². The predicted molar refractivity (Wildman–Crippen MR) is 118 cm³/mol. The third-order valence-electron chi connectivity index (χ3n) is 4.53. The van der Waals surface area contributed by atoms with E-state index in [1.807, 2.05) is 24.3 Å². The van der Waals surface area contributed by atoms with Crippen LogP contribution in [0.15, 0.2) is 90.0 Å². The van der Waals surface area contributed by atoms with Crippen LogP contribution in [0.1, 0.15) is 21.6 Å². The van der Waals surface area contributed by atoms with Gasteiger partial charge in [-0.3, -0.25) is 4.72 Å². The van der Waals surface area contributed by atoms with E-state index in [4.69, 9.17) is 5.11 Å². The number of nitrogens with zero attached hydrogens (tertiary/aromatic N) is 1. The average molecular weight is 428 g/mol. The number of aromatic nitrogens is 1. The van der Waals surface area contributed by atoms with Crippen LogP contribution >= 0.6 is 0 Å². The van der Waals surface area contributed by atoms with Crippen molar-refractivity contribution >= 4 is 32.5 Å². The van der Waals surface area contributed by atoms with E-state index in [0.717, 1.165) is 10.8 Å². The normalized spacial score (nSPS) is 10.8. The standard InChI is InChI=1S/C24H16N2O4S/c27-24(28)20-13-14-25-21(15-20)11-9-18-6-3-4-8-23(18)26-31(29,30)22-12-10-17-5-1-2-7-19(17)16-22/h1-8,10,12-16,26H,(H,27,28). The summed E-state index contributed by atoms with van der Waals surface area (Å²) in [7, 11) is -3.84. The number of rotatable bonds is 4. The first kappa shape index (κ1) is 20.1. The van der Waals surface area contributed by atoms with Gasteiger partial charge in [0.15, 0.2) is 0 Å². The van der Waals surface area contributed by atoms with Gasteiger partial charge in [-0.1, -0.05) is 48.4 Å². The van der Waals surface area contributed by atoms with Crippen LogP contribution in [0, 0.1) is 11.8 Å². The molecular formula is C24H16N2O4S. The van der Waals surface area contributed by atoms with Gasteiger partial charge in [0, 0.05) is 11.8 Å². The molecule has 3 aromatic carbocycles. The van der Waals surface area contributed by atoms with E-state index in [-0.39, 0.29) is 16.2 Å². The maximum atomic E-state index is 13.0. The average Bonchev–Trinajstić information content (AvgIpc) is 2.78. The van der Waals surface area contributed by atoms with Crippen molar-refractivity contribution in [1.29, 1.82) is 0 Å². The van der Waals surface area contributed by atoms with Crippen LogP contribution in [0.3, 0.4) is 0 Å². The Labute approximate surface area is 179 Å². The topological polar surface area (TPSA) is 96.4 Å². The van der Waals surface area contributed by atoms with Gasteiger partial charge in [-0.05, 0) is 53.1 Å². The molecule has 0 unspecified atom stereocenters. The lowest BCUT2D eigenvalue weighted by molar-refractivity contribution is 0.0696. The summed E-state index contributed by atoms with van der Waals surface area (Å²) in [5.74, 6) is 4.58. The molecule has 0 spiro atoms. The minimum absolute atomic E-state index is 0.0737. The Morgan fingerprint density at radius 1 is 0.871 bits per heavy atom. The zero-order valence-electron chi connectivity index (χ0n) is 16.1. The van der Waals surface area contributed by atoms with Crippen molar-refractivity contribution < 1.29 is 18.3 Å². The van der Waals surface area contributed by atoms with Crippen LogP contribution in [-0.4, -0.2) is 24.5 Å². The number of anilines is 1. The first-order chi connectivity index (χ1) is 14.9. The zero-order chi connectivity index (χ0) is 21.8. The van der Waals surface area contributed by atoms with Gasteiger partial charge in [0.1, 0.15) is 5.69 Å². The number of para-hydroxylation sites is 1. The minimum Gasteiger partial charge on any atom is -0.478 e. The maximum absolute atomic E-state index is 13.0. The Bertz CT molecular complexity index is 1470. The fourth-order valence-corrected chi connectivity index (χ4v) is 4.10. The molecule has 4 rings (SSSR count). The number of carbonyl (C=O) groups is 1. The van der Waals surface area contributed by atoms with Crippen LogP contribution < -0.4 is 4.72 Å². The monoisotopic (exact) mass is 428 g/mol. The number of carboxylic acid groups (broad SMARTS) is 1. The Kier molecular flexibility index (Phi) is 5.39. The second-order valence-corrected chi connectivity index (χ2v) is 8.33. The van der Waals surface area contributed by atoms with Crippen molar-refractivity contribution in [2.45, 2.75) is 4.90 Å². The lowest BCUT2D eigenvalue weighted by Gasteiger charge is -2.10. The van der Waals surface area contributed by atoms with Crippen molar-refractivity contribution in [2.24, 2.45) is 0 Å². The number of benzene rings is 3. The minimum atomic E-state index is -3.84. The number of aromatic carboxylic acids is 1. The van der Waals surface area contributed by atoms with Crippen LogP contribution in [-0.2, 0) is 10.0 Å². The number of pyridine rings is 1. The number of nitrogens with one attached hydrogen (secondary N) is 1. The summed E-state index contributed by atoms with van der Waals surface area (Å²) in [4.78, 5) is 15.3. The number of fused-ring (bicyclic) bond motifs is 1. The van der Waals surface area contributed by atoms with Gasteiger partial charge in [-0.25, -0.2) is 18.2 Å². The van der Waals surface area contributed by atoms with Crippen LogP contribution in [0.4, 0.5) is 5.69 Å². The van der Waals surface area contributed by atoms with E-state index >= 15 is 0 Å². The summed E-state index contributed by atoms with van der Waals surface area (Å²) in [6.07, 6.45) is 1.36. The second-order valence-electron chi connectivity index (χ2n) is 6.64. The Balaban J connectivity index is 1.66. The first-order valence-electron chi connectivity index (χ1n) is 9.24. The maximum Gasteiger partial charge on any atom is 0.335 e. The summed E-state index contributed by atoms with van der Waals surface area (Å²) in [5.41, 5.74) is 1.10. The summed E-state index contributed by atoms with van der Waals surface area (Å²) in [5, 5.41) is 10.9. The van der Waals surface area contributed by atoms with Crippen LogP contribution in [0.25, 0.3) is 10.8 Å². The molecule has 0 aliphatic heterocycles. The molecule has 0 aliphatic carbocycles. The van der Waals surface area contributed by atoms with Crippen molar-refractivity contribution in [3.05, 3.63) is 102 Å². The Morgan fingerprint density at radius 3 is 2.42 bits per heavy atom. The largest absolute Gasteiger partial charge is 0.478 e. The van der Waals surface area contributed by atoms with Gasteiger partial charge in [0.2, 0.25) is 0 Å². The highest BCUT2D eigenvalue weighted by molar-refractivity contribution is 7.92. The predicted octanol–water partition coefficient (Wildman–Crippen LogP) is 4.13. The number of sulfonamides is 1. The molecule has 2 N–H and O–H groups in total. The fraction of sp³-hybridized carbons (Fsp3) is 0. The number of hydrogen-bond acceptors (Lipinski definition) is 4. The fourth-order valence-electron chi connectivity index (χ4n) is 2.98. The number of hydrogen-bond donors (Lipinski definition) is 2. The van der Waals surface area contributed by atoms with Gasteiger partial charge < -0.3 is 5.11 Å². The molecule has 0 aliphatic rings. The second kappa shape index (κ2) is 8.30. The van der Waals surface area contributed by atoms with E-state index in [0.29, 0.717) is 11.3 Å². The molecular weight excluding hydrogens is 412 g/mol. The first-order valence-corrected chi connectivity index (χ1v) is 10.7. The lowest BCUT2D eigenvalue weighted by atomic mass is 10.1. The molecule has 0 atom stereocenters. The molecule has 0 bridgehead atoms. The van der Waals surface area contributed by atoms with Gasteiger partial charge in [-0.2, -0.15) is 0 Å². The van der Waals surface area contributed by atoms with Crippen LogP contribution in [0.2, 0.25) is 0 Å². The molecule has 0 fully saturated rings. The summed E-state index contributed by atoms with van der Waals surface area (Å²) < 4.78 is 28.5. The molecule has 1 aromatic heterocycles. The smallest absolute Gasteiger partial charge is 0.335 e. The third-order valence-corrected chi connectivity index (χ3v) is 5.90. The molecule has 4 aromatic rings.